The third-order valence-corrected chi connectivity index (χ3v) is 5.71. The van der Waals surface area contributed by atoms with Crippen molar-refractivity contribution in [3.05, 3.63) is 70.5 Å². The van der Waals surface area contributed by atoms with Crippen LogP contribution >= 0.6 is 11.3 Å². The second-order valence-electron chi connectivity index (χ2n) is 6.30. The Morgan fingerprint density at radius 1 is 1.20 bits per heavy atom. The van der Waals surface area contributed by atoms with Crippen LogP contribution in [-0.2, 0) is 6.42 Å². The number of carbonyl (C=O) groups excluding carboxylic acids is 1. The first kappa shape index (κ1) is 16.0. The largest absolute Gasteiger partial charge is 0.344 e. The van der Waals surface area contributed by atoms with Gasteiger partial charge < -0.3 is 5.32 Å². The fraction of sp³-hybridized carbons (Fsp3) is 0.250. The van der Waals surface area contributed by atoms with Gasteiger partial charge >= 0.3 is 0 Å². The molecule has 25 heavy (non-hydrogen) atoms. The maximum Gasteiger partial charge on any atom is 0.253 e. The van der Waals surface area contributed by atoms with Gasteiger partial charge in [-0.25, -0.2) is 4.98 Å². The van der Waals surface area contributed by atoms with E-state index in [1.54, 1.807) is 17.5 Å². The topological polar surface area (TPSA) is 54.9 Å². The van der Waals surface area contributed by atoms with Crippen molar-refractivity contribution in [3.8, 4) is 10.6 Å². The van der Waals surface area contributed by atoms with E-state index in [1.165, 1.54) is 4.88 Å². The van der Waals surface area contributed by atoms with Crippen LogP contribution in [0.5, 0.6) is 0 Å². The lowest BCUT2D eigenvalue weighted by molar-refractivity contribution is 0.0933. The summed E-state index contributed by atoms with van der Waals surface area (Å²) in [6, 6.07) is 13.9. The van der Waals surface area contributed by atoms with Crippen LogP contribution in [0.3, 0.4) is 0 Å². The van der Waals surface area contributed by atoms with E-state index in [9.17, 15) is 4.79 Å². The summed E-state index contributed by atoms with van der Waals surface area (Å²) < 4.78 is 0. The summed E-state index contributed by atoms with van der Waals surface area (Å²) in [6.07, 6.45) is 4.62. The van der Waals surface area contributed by atoms with Gasteiger partial charge in [0.05, 0.1) is 22.2 Å². The van der Waals surface area contributed by atoms with Gasteiger partial charge in [-0.15, -0.1) is 11.3 Å². The number of hydrogen-bond donors (Lipinski definition) is 1. The second-order valence-corrected chi connectivity index (χ2v) is 7.33. The predicted molar refractivity (Wildman–Crippen MR) is 99.7 cm³/mol. The predicted octanol–water partition coefficient (Wildman–Crippen LogP) is 4.32. The molecule has 5 heteroatoms. The third-order valence-electron chi connectivity index (χ3n) is 4.45. The van der Waals surface area contributed by atoms with Crippen molar-refractivity contribution in [2.75, 3.05) is 0 Å². The number of aryl methyl sites for hydroxylation is 2. The van der Waals surface area contributed by atoms with Gasteiger partial charge in [0.1, 0.15) is 5.01 Å². The normalized spacial score (nSPS) is 16.3. The standard InChI is InChI=1S/C20H19N3OS/c1-13-10-11-15(12-21-13)19(24)22-16-8-5-9-17-18(16)25-20(23-17)14-6-3-2-4-7-14/h2-4,6-7,10-12,16H,5,8-9H2,1H3,(H,22,24). The van der Waals surface area contributed by atoms with Crippen LogP contribution in [0.4, 0.5) is 0 Å². The zero-order chi connectivity index (χ0) is 17.2. The van der Waals surface area contributed by atoms with E-state index in [4.69, 9.17) is 4.98 Å². The van der Waals surface area contributed by atoms with Crippen molar-refractivity contribution in [1.82, 2.24) is 15.3 Å². The van der Waals surface area contributed by atoms with Crippen LogP contribution in [0.1, 0.15) is 45.5 Å². The quantitative estimate of drug-likeness (QED) is 0.766. The van der Waals surface area contributed by atoms with Crippen molar-refractivity contribution in [3.63, 3.8) is 0 Å². The average Bonchev–Trinajstić information content (AvgIpc) is 3.08. The van der Waals surface area contributed by atoms with Crippen LogP contribution in [0.25, 0.3) is 10.6 Å². The lowest BCUT2D eigenvalue weighted by atomic mass is 9.98. The highest BCUT2D eigenvalue weighted by molar-refractivity contribution is 7.15. The molecule has 1 aliphatic rings. The molecule has 4 nitrogen and oxygen atoms in total. The van der Waals surface area contributed by atoms with E-state index >= 15 is 0 Å². The minimum atomic E-state index is -0.0694. The van der Waals surface area contributed by atoms with Gasteiger partial charge in [-0.05, 0) is 38.3 Å². The van der Waals surface area contributed by atoms with Crippen LogP contribution in [-0.4, -0.2) is 15.9 Å². The Labute approximate surface area is 151 Å². The monoisotopic (exact) mass is 349 g/mol. The molecule has 0 radical (unpaired) electrons. The molecule has 0 aliphatic heterocycles. The molecule has 1 unspecified atom stereocenters. The van der Waals surface area contributed by atoms with E-state index in [2.05, 4.69) is 22.4 Å². The molecule has 0 spiro atoms. The molecule has 1 aliphatic carbocycles. The first-order valence-corrected chi connectivity index (χ1v) is 9.31. The molecule has 1 aromatic carbocycles. The molecule has 1 N–H and O–H groups in total. The van der Waals surface area contributed by atoms with Crippen LogP contribution in [0.15, 0.2) is 48.7 Å². The summed E-state index contributed by atoms with van der Waals surface area (Å²) in [5.41, 5.74) is 3.77. The minimum Gasteiger partial charge on any atom is -0.344 e. The number of nitrogens with zero attached hydrogens (tertiary/aromatic N) is 2. The molecule has 0 bridgehead atoms. The second kappa shape index (κ2) is 6.76. The van der Waals surface area contributed by atoms with Gasteiger partial charge in [0.2, 0.25) is 0 Å². The lowest BCUT2D eigenvalue weighted by Crippen LogP contribution is -2.30. The molecule has 1 amide bonds. The summed E-state index contributed by atoms with van der Waals surface area (Å²) in [5, 5.41) is 4.20. The molecule has 2 aromatic heterocycles. The Morgan fingerprint density at radius 2 is 2.04 bits per heavy atom. The summed E-state index contributed by atoms with van der Waals surface area (Å²) in [6.45, 7) is 1.91. The van der Waals surface area contributed by atoms with Crippen LogP contribution in [0, 0.1) is 6.92 Å². The molecule has 2 heterocycles. The van der Waals surface area contributed by atoms with Crippen molar-refractivity contribution in [2.24, 2.45) is 0 Å². The number of aromatic nitrogens is 2. The smallest absolute Gasteiger partial charge is 0.253 e. The number of fused-ring (bicyclic) bond motifs is 1. The minimum absolute atomic E-state index is 0.0347. The summed E-state index contributed by atoms with van der Waals surface area (Å²) >= 11 is 1.69. The fourth-order valence-corrected chi connectivity index (χ4v) is 4.31. The van der Waals surface area contributed by atoms with Crippen LogP contribution in [0.2, 0.25) is 0 Å². The first-order valence-electron chi connectivity index (χ1n) is 8.49. The molecular formula is C20H19N3OS. The van der Waals surface area contributed by atoms with Gasteiger partial charge in [-0.2, -0.15) is 0 Å². The molecule has 1 atom stereocenters. The molecule has 4 rings (SSSR count). The number of thiazole rings is 1. The highest BCUT2D eigenvalue weighted by Crippen LogP contribution is 2.38. The van der Waals surface area contributed by atoms with Crippen LogP contribution < -0.4 is 5.32 Å². The van der Waals surface area contributed by atoms with E-state index in [1.807, 2.05) is 37.3 Å². The van der Waals surface area contributed by atoms with Gasteiger partial charge in [0.25, 0.3) is 5.91 Å². The Hall–Kier alpha value is -2.53. The van der Waals surface area contributed by atoms with E-state index in [0.717, 1.165) is 41.2 Å². The van der Waals surface area contributed by atoms with E-state index in [-0.39, 0.29) is 11.9 Å². The van der Waals surface area contributed by atoms with Crippen molar-refractivity contribution < 1.29 is 4.79 Å². The number of benzene rings is 1. The Balaban J connectivity index is 1.58. The Kier molecular flexibility index (Phi) is 4.32. The van der Waals surface area contributed by atoms with E-state index in [0.29, 0.717) is 5.56 Å². The summed E-state index contributed by atoms with van der Waals surface area (Å²) in [5.74, 6) is -0.0694. The maximum absolute atomic E-state index is 12.5. The number of rotatable bonds is 3. The first-order chi connectivity index (χ1) is 12.2. The molecule has 3 aromatic rings. The van der Waals surface area contributed by atoms with Gasteiger partial charge in [-0.1, -0.05) is 30.3 Å². The molecule has 126 valence electrons. The van der Waals surface area contributed by atoms with Gasteiger partial charge in [0, 0.05) is 17.5 Å². The Bertz CT molecular complexity index is 887. The SMILES string of the molecule is Cc1ccc(C(=O)NC2CCCc3nc(-c4ccccc4)sc32)cn1. The molecular weight excluding hydrogens is 330 g/mol. The lowest BCUT2D eigenvalue weighted by Gasteiger charge is -2.22. The van der Waals surface area contributed by atoms with E-state index < -0.39 is 0 Å². The molecule has 0 saturated carbocycles. The zero-order valence-electron chi connectivity index (χ0n) is 14.0. The maximum atomic E-state index is 12.5. The highest BCUT2D eigenvalue weighted by Gasteiger charge is 2.26. The Morgan fingerprint density at radius 3 is 2.80 bits per heavy atom. The number of carbonyl (C=O) groups is 1. The molecule has 0 saturated heterocycles. The number of nitrogens with one attached hydrogen (secondary N) is 1. The number of hydrogen-bond acceptors (Lipinski definition) is 4. The average molecular weight is 349 g/mol. The summed E-state index contributed by atoms with van der Waals surface area (Å²) in [4.78, 5) is 22.8. The summed E-state index contributed by atoms with van der Waals surface area (Å²) in [7, 11) is 0. The number of amides is 1. The fourth-order valence-electron chi connectivity index (χ4n) is 3.11. The van der Waals surface area contributed by atoms with Crippen molar-refractivity contribution in [1.29, 1.82) is 0 Å². The van der Waals surface area contributed by atoms with Gasteiger partial charge in [0.15, 0.2) is 0 Å². The van der Waals surface area contributed by atoms with Crippen molar-refractivity contribution >= 4 is 17.2 Å². The third kappa shape index (κ3) is 3.33. The number of pyridine rings is 1. The van der Waals surface area contributed by atoms with Gasteiger partial charge in [-0.3, -0.25) is 9.78 Å². The highest BCUT2D eigenvalue weighted by atomic mass is 32.1. The van der Waals surface area contributed by atoms with Crippen molar-refractivity contribution in [2.45, 2.75) is 32.2 Å². The zero-order valence-corrected chi connectivity index (χ0v) is 14.8. The molecule has 0 fully saturated rings.